The fourth-order valence-corrected chi connectivity index (χ4v) is 2.38. The van der Waals surface area contributed by atoms with Gasteiger partial charge in [-0.15, -0.1) is 0 Å². The summed E-state index contributed by atoms with van der Waals surface area (Å²) in [4.78, 5) is 0. The van der Waals surface area contributed by atoms with Crippen LogP contribution in [0.3, 0.4) is 0 Å². The third-order valence-corrected chi connectivity index (χ3v) is 3.36. The van der Waals surface area contributed by atoms with Crippen LogP contribution >= 0.6 is 0 Å². The number of H-pyrrole nitrogens is 1. The first kappa shape index (κ1) is 12.7. The number of nitrogens with zero attached hydrogens (tertiary/aromatic N) is 3. The standard InChI is InChI=1S/C15H19N5/c1-15(2,3)12-11-13(16)17-18-14(11)20(19-12)9-10-7-5-4-6-8-10/h4-8H,9H2,1-3H3,(H3,16,17,18). The maximum absolute atomic E-state index is 6.01. The minimum absolute atomic E-state index is 0.0712. The predicted octanol–water partition coefficient (Wildman–Crippen LogP) is 2.69. The van der Waals surface area contributed by atoms with Gasteiger partial charge in [0, 0.05) is 5.41 Å². The van der Waals surface area contributed by atoms with Crippen molar-refractivity contribution in [1.82, 2.24) is 20.0 Å². The first-order chi connectivity index (χ1) is 9.47. The molecule has 0 fully saturated rings. The predicted molar refractivity (Wildman–Crippen MR) is 80.5 cm³/mol. The van der Waals surface area contributed by atoms with Crippen LogP contribution in [0.15, 0.2) is 30.3 Å². The van der Waals surface area contributed by atoms with Gasteiger partial charge in [0.2, 0.25) is 0 Å². The van der Waals surface area contributed by atoms with E-state index in [4.69, 9.17) is 10.8 Å². The second kappa shape index (κ2) is 4.37. The second-order valence-electron chi connectivity index (χ2n) is 6.08. The van der Waals surface area contributed by atoms with Gasteiger partial charge in [0.05, 0.1) is 17.6 Å². The zero-order chi connectivity index (χ0) is 14.3. The topological polar surface area (TPSA) is 72.5 Å². The van der Waals surface area contributed by atoms with Crippen molar-refractivity contribution in [2.75, 3.05) is 5.73 Å². The van der Waals surface area contributed by atoms with E-state index in [0.717, 1.165) is 16.7 Å². The SMILES string of the molecule is CC(C)(C)c1nn(Cc2ccccc2)c2n[nH]c(N)c12. The van der Waals surface area contributed by atoms with Crippen molar-refractivity contribution in [3.8, 4) is 0 Å². The number of benzene rings is 1. The molecule has 3 N–H and O–H groups in total. The van der Waals surface area contributed by atoms with Gasteiger partial charge in [-0.2, -0.15) is 10.2 Å². The highest BCUT2D eigenvalue weighted by Crippen LogP contribution is 2.31. The molecule has 0 spiro atoms. The molecule has 0 radical (unpaired) electrons. The van der Waals surface area contributed by atoms with Crippen LogP contribution in [0.4, 0.5) is 5.82 Å². The van der Waals surface area contributed by atoms with Crippen LogP contribution < -0.4 is 5.73 Å². The number of anilines is 1. The number of nitrogens with two attached hydrogens (primary N) is 1. The molecular weight excluding hydrogens is 250 g/mol. The van der Waals surface area contributed by atoms with E-state index in [9.17, 15) is 0 Å². The number of hydrogen-bond acceptors (Lipinski definition) is 3. The summed E-state index contributed by atoms with van der Waals surface area (Å²) in [6.45, 7) is 7.09. The number of fused-ring (bicyclic) bond motifs is 1. The van der Waals surface area contributed by atoms with E-state index in [2.05, 4.69) is 43.1 Å². The molecule has 0 saturated carbocycles. The molecule has 1 aromatic carbocycles. The molecule has 2 aromatic heterocycles. The van der Waals surface area contributed by atoms with Crippen molar-refractivity contribution in [2.45, 2.75) is 32.7 Å². The van der Waals surface area contributed by atoms with E-state index >= 15 is 0 Å². The Morgan fingerprint density at radius 3 is 2.55 bits per heavy atom. The Morgan fingerprint density at radius 1 is 1.20 bits per heavy atom. The smallest absolute Gasteiger partial charge is 0.182 e. The molecule has 20 heavy (non-hydrogen) atoms. The normalized spacial score (nSPS) is 12.2. The van der Waals surface area contributed by atoms with Crippen molar-refractivity contribution in [1.29, 1.82) is 0 Å². The Morgan fingerprint density at radius 2 is 1.90 bits per heavy atom. The molecule has 0 aliphatic carbocycles. The largest absolute Gasteiger partial charge is 0.383 e. The number of nitrogens with one attached hydrogen (secondary N) is 1. The maximum Gasteiger partial charge on any atom is 0.182 e. The third-order valence-electron chi connectivity index (χ3n) is 3.36. The Hall–Kier alpha value is -2.30. The minimum atomic E-state index is -0.0712. The van der Waals surface area contributed by atoms with Gasteiger partial charge in [-0.25, -0.2) is 4.68 Å². The van der Waals surface area contributed by atoms with Gasteiger partial charge < -0.3 is 5.73 Å². The Kier molecular flexibility index (Phi) is 2.78. The quantitative estimate of drug-likeness (QED) is 0.751. The average Bonchev–Trinajstić information content (AvgIpc) is 2.93. The summed E-state index contributed by atoms with van der Waals surface area (Å²) in [6.07, 6.45) is 0. The summed E-state index contributed by atoms with van der Waals surface area (Å²) in [5, 5.41) is 12.8. The third kappa shape index (κ3) is 2.05. The van der Waals surface area contributed by atoms with Gasteiger partial charge in [0.1, 0.15) is 5.82 Å². The zero-order valence-electron chi connectivity index (χ0n) is 12.0. The Labute approximate surface area is 117 Å². The first-order valence-corrected chi connectivity index (χ1v) is 6.71. The summed E-state index contributed by atoms with van der Waals surface area (Å²) in [5.41, 5.74) is 8.93. The molecule has 0 aliphatic heterocycles. The van der Waals surface area contributed by atoms with Crippen LogP contribution in [-0.2, 0) is 12.0 Å². The monoisotopic (exact) mass is 269 g/mol. The Bertz CT molecular complexity index is 731. The molecular formula is C15H19N5. The molecule has 5 heteroatoms. The van der Waals surface area contributed by atoms with Crippen molar-refractivity contribution in [3.05, 3.63) is 41.6 Å². The fraction of sp³-hybridized carbons (Fsp3) is 0.333. The zero-order valence-corrected chi connectivity index (χ0v) is 12.0. The summed E-state index contributed by atoms with van der Waals surface area (Å²) in [6, 6.07) is 10.2. The number of hydrogen-bond donors (Lipinski definition) is 2. The van der Waals surface area contributed by atoms with Crippen LogP contribution in [0.25, 0.3) is 11.0 Å². The van der Waals surface area contributed by atoms with Gasteiger partial charge in [0.15, 0.2) is 5.65 Å². The second-order valence-corrected chi connectivity index (χ2v) is 6.08. The van der Waals surface area contributed by atoms with Gasteiger partial charge in [0.25, 0.3) is 0 Å². The van der Waals surface area contributed by atoms with E-state index < -0.39 is 0 Å². The molecule has 2 heterocycles. The lowest BCUT2D eigenvalue weighted by Crippen LogP contribution is -2.14. The van der Waals surface area contributed by atoms with Crippen molar-refractivity contribution in [2.24, 2.45) is 0 Å². The molecule has 0 saturated heterocycles. The molecule has 0 bridgehead atoms. The fourth-order valence-electron chi connectivity index (χ4n) is 2.38. The number of aromatic amines is 1. The van der Waals surface area contributed by atoms with Crippen LogP contribution in [0.1, 0.15) is 32.0 Å². The molecule has 0 aliphatic rings. The highest BCUT2D eigenvalue weighted by atomic mass is 15.3. The maximum atomic E-state index is 6.01. The van der Waals surface area contributed by atoms with Gasteiger partial charge in [-0.3, -0.25) is 5.10 Å². The van der Waals surface area contributed by atoms with Gasteiger partial charge in [-0.1, -0.05) is 51.1 Å². The highest BCUT2D eigenvalue weighted by molar-refractivity contribution is 5.89. The van der Waals surface area contributed by atoms with Crippen LogP contribution in [-0.4, -0.2) is 20.0 Å². The van der Waals surface area contributed by atoms with Gasteiger partial charge >= 0.3 is 0 Å². The van der Waals surface area contributed by atoms with Crippen molar-refractivity contribution >= 4 is 16.9 Å². The summed E-state index contributed by atoms with van der Waals surface area (Å²) in [5.74, 6) is 0.587. The van der Waals surface area contributed by atoms with Crippen LogP contribution in [0.2, 0.25) is 0 Å². The lowest BCUT2D eigenvalue weighted by molar-refractivity contribution is 0.549. The van der Waals surface area contributed by atoms with E-state index in [1.54, 1.807) is 0 Å². The number of aromatic nitrogens is 4. The summed E-state index contributed by atoms with van der Waals surface area (Å²) in [7, 11) is 0. The number of rotatable bonds is 2. The van der Waals surface area contributed by atoms with Crippen LogP contribution in [0.5, 0.6) is 0 Å². The van der Waals surface area contributed by atoms with E-state index in [-0.39, 0.29) is 5.41 Å². The van der Waals surface area contributed by atoms with Gasteiger partial charge in [-0.05, 0) is 5.56 Å². The lowest BCUT2D eigenvalue weighted by atomic mass is 9.91. The van der Waals surface area contributed by atoms with E-state index in [1.165, 1.54) is 5.56 Å². The molecule has 0 atom stereocenters. The lowest BCUT2D eigenvalue weighted by Gasteiger charge is -2.15. The summed E-state index contributed by atoms with van der Waals surface area (Å²) >= 11 is 0. The molecule has 3 aromatic rings. The van der Waals surface area contributed by atoms with E-state index in [1.807, 2.05) is 22.9 Å². The number of nitrogen functional groups attached to an aromatic ring is 1. The average molecular weight is 269 g/mol. The van der Waals surface area contributed by atoms with Crippen molar-refractivity contribution < 1.29 is 0 Å². The Balaban J connectivity index is 2.13. The van der Waals surface area contributed by atoms with Crippen LogP contribution in [0, 0.1) is 0 Å². The molecule has 104 valence electrons. The summed E-state index contributed by atoms with van der Waals surface area (Å²) < 4.78 is 1.91. The van der Waals surface area contributed by atoms with Crippen molar-refractivity contribution in [3.63, 3.8) is 0 Å². The minimum Gasteiger partial charge on any atom is -0.383 e. The molecule has 0 amide bonds. The highest BCUT2D eigenvalue weighted by Gasteiger charge is 2.25. The molecule has 3 rings (SSSR count). The first-order valence-electron chi connectivity index (χ1n) is 6.71. The van der Waals surface area contributed by atoms with E-state index in [0.29, 0.717) is 12.4 Å². The molecule has 5 nitrogen and oxygen atoms in total. The molecule has 0 unspecified atom stereocenters.